The van der Waals surface area contributed by atoms with Crippen molar-refractivity contribution in [3.05, 3.63) is 0 Å². The first-order chi connectivity index (χ1) is 9.86. The lowest BCUT2D eigenvalue weighted by Gasteiger charge is -2.25. The van der Waals surface area contributed by atoms with Gasteiger partial charge in [0, 0.05) is 20.0 Å². The Hall–Kier alpha value is -2.32. The molecule has 1 aliphatic rings. The van der Waals surface area contributed by atoms with Crippen LogP contribution in [0.2, 0.25) is 0 Å². The molecule has 9 nitrogen and oxygen atoms in total. The molecule has 1 unspecified atom stereocenters. The number of carboxylic acids is 1. The molecule has 0 aromatic rings. The topological polar surface area (TPSA) is 142 Å². The van der Waals surface area contributed by atoms with Crippen LogP contribution in [0, 0.1) is 0 Å². The van der Waals surface area contributed by atoms with Crippen molar-refractivity contribution in [2.75, 3.05) is 13.6 Å². The highest BCUT2D eigenvalue weighted by molar-refractivity contribution is 5.89. The summed E-state index contributed by atoms with van der Waals surface area (Å²) < 4.78 is 0. The Balaban J connectivity index is 2.66. The number of carboxylic acid groups (broad SMARTS) is 1. The van der Waals surface area contributed by atoms with Crippen LogP contribution < -0.4 is 16.4 Å². The van der Waals surface area contributed by atoms with Crippen molar-refractivity contribution < 1.29 is 24.3 Å². The largest absolute Gasteiger partial charge is 0.480 e. The number of hydrogen-bond donors (Lipinski definition) is 4. The summed E-state index contributed by atoms with van der Waals surface area (Å²) in [7, 11) is 1.48. The second kappa shape index (κ2) is 7.46. The van der Waals surface area contributed by atoms with E-state index in [1.807, 2.05) is 0 Å². The number of nitrogens with two attached hydrogens (primary N) is 1. The van der Waals surface area contributed by atoms with Crippen LogP contribution in [0.4, 0.5) is 4.79 Å². The summed E-state index contributed by atoms with van der Waals surface area (Å²) in [6, 6.07) is -2.44. The predicted octanol–water partition coefficient (Wildman–Crippen LogP) is -1.37. The Morgan fingerprint density at radius 3 is 2.57 bits per heavy atom. The van der Waals surface area contributed by atoms with Crippen molar-refractivity contribution in [3.8, 4) is 0 Å². The van der Waals surface area contributed by atoms with Crippen LogP contribution in [0.5, 0.6) is 0 Å². The zero-order valence-electron chi connectivity index (χ0n) is 11.8. The van der Waals surface area contributed by atoms with Gasteiger partial charge in [0.05, 0.1) is 0 Å². The molecule has 2 atom stereocenters. The number of nitrogens with one attached hydrogen (secondary N) is 2. The normalized spacial score (nSPS) is 18.9. The molecule has 0 aromatic heterocycles. The highest BCUT2D eigenvalue weighted by Gasteiger charge is 2.35. The average molecular weight is 300 g/mol. The maximum Gasteiger partial charge on any atom is 0.326 e. The van der Waals surface area contributed by atoms with Gasteiger partial charge in [-0.2, -0.15) is 0 Å². The predicted molar refractivity (Wildman–Crippen MR) is 72.2 cm³/mol. The van der Waals surface area contributed by atoms with Crippen LogP contribution in [0.1, 0.15) is 25.7 Å². The summed E-state index contributed by atoms with van der Waals surface area (Å²) in [5, 5.41) is 13.8. The third-order valence-corrected chi connectivity index (χ3v) is 3.34. The van der Waals surface area contributed by atoms with E-state index in [-0.39, 0.29) is 18.7 Å². The summed E-state index contributed by atoms with van der Waals surface area (Å²) >= 11 is 0. The Morgan fingerprint density at radius 1 is 1.38 bits per heavy atom. The molecule has 0 spiro atoms. The smallest absolute Gasteiger partial charge is 0.326 e. The van der Waals surface area contributed by atoms with E-state index in [2.05, 4.69) is 10.6 Å². The van der Waals surface area contributed by atoms with Crippen molar-refractivity contribution in [3.63, 3.8) is 0 Å². The summed E-state index contributed by atoms with van der Waals surface area (Å²) in [6.07, 6.45) is 0.974. The van der Waals surface area contributed by atoms with Crippen LogP contribution in [0.3, 0.4) is 0 Å². The van der Waals surface area contributed by atoms with Crippen molar-refractivity contribution in [1.29, 1.82) is 0 Å². The number of hydrogen-bond acceptors (Lipinski definition) is 4. The Bertz CT molecular complexity index is 439. The van der Waals surface area contributed by atoms with Gasteiger partial charge in [-0.15, -0.1) is 0 Å². The number of urea groups is 1. The third-order valence-electron chi connectivity index (χ3n) is 3.34. The first kappa shape index (κ1) is 16.7. The maximum absolute atomic E-state index is 12.1. The number of likely N-dealkylation sites (tertiary alicyclic amines) is 1. The highest BCUT2D eigenvalue weighted by Crippen LogP contribution is 2.17. The minimum atomic E-state index is -1.25. The van der Waals surface area contributed by atoms with Gasteiger partial charge in [0.15, 0.2) is 0 Å². The van der Waals surface area contributed by atoms with Crippen molar-refractivity contribution in [1.82, 2.24) is 15.5 Å². The molecule has 1 aliphatic heterocycles. The van der Waals surface area contributed by atoms with Gasteiger partial charge in [-0.05, 0) is 19.3 Å². The van der Waals surface area contributed by atoms with Gasteiger partial charge < -0.3 is 26.4 Å². The maximum atomic E-state index is 12.1. The van der Waals surface area contributed by atoms with Crippen LogP contribution in [-0.2, 0) is 14.4 Å². The van der Waals surface area contributed by atoms with E-state index in [9.17, 15) is 19.2 Å². The zero-order chi connectivity index (χ0) is 16.0. The van der Waals surface area contributed by atoms with Gasteiger partial charge in [0.2, 0.25) is 11.8 Å². The lowest BCUT2D eigenvalue weighted by atomic mass is 10.1. The van der Waals surface area contributed by atoms with E-state index in [1.165, 1.54) is 11.9 Å². The van der Waals surface area contributed by atoms with Gasteiger partial charge in [-0.3, -0.25) is 9.59 Å². The monoisotopic (exact) mass is 300 g/mol. The van der Waals surface area contributed by atoms with Crippen molar-refractivity contribution in [2.24, 2.45) is 5.73 Å². The summed E-state index contributed by atoms with van der Waals surface area (Å²) in [4.78, 5) is 46.8. The Morgan fingerprint density at radius 2 is 2.05 bits per heavy atom. The zero-order valence-corrected chi connectivity index (χ0v) is 11.8. The molecule has 0 aromatic carbocycles. The molecule has 1 saturated heterocycles. The number of rotatable bonds is 6. The number of carbonyl (C=O) groups excluding carboxylic acids is 3. The van der Waals surface area contributed by atoms with Crippen molar-refractivity contribution in [2.45, 2.75) is 37.8 Å². The molecule has 5 N–H and O–H groups in total. The summed E-state index contributed by atoms with van der Waals surface area (Å²) in [5.41, 5.74) is 4.97. The van der Waals surface area contributed by atoms with E-state index in [1.54, 1.807) is 0 Å². The molecule has 4 amide bonds. The minimum Gasteiger partial charge on any atom is -0.480 e. The van der Waals surface area contributed by atoms with Crippen molar-refractivity contribution >= 4 is 23.8 Å². The quantitative estimate of drug-likeness (QED) is 0.478. The highest BCUT2D eigenvalue weighted by atomic mass is 16.4. The lowest BCUT2D eigenvalue weighted by Crippen LogP contribution is -2.52. The first-order valence-corrected chi connectivity index (χ1v) is 6.66. The Kier molecular flexibility index (Phi) is 5.94. The SMILES string of the molecule is CNC(=O)C1CCCN1C(=O)N[C@H](CCC(N)=O)C(=O)O. The van der Waals surface area contributed by atoms with Crippen LogP contribution in [-0.4, -0.2) is 59.5 Å². The van der Waals surface area contributed by atoms with E-state index in [4.69, 9.17) is 10.8 Å². The first-order valence-electron chi connectivity index (χ1n) is 6.66. The second-order valence-corrected chi connectivity index (χ2v) is 4.81. The molecule has 1 fully saturated rings. The fourth-order valence-electron chi connectivity index (χ4n) is 2.22. The number of nitrogens with zero attached hydrogens (tertiary/aromatic N) is 1. The fourth-order valence-corrected chi connectivity index (χ4v) is 2.22. The van der Waals surface area contributed by atoms with E-state index in [0.717, 1.165) is 0 Å². The lowest BCUT2D eigenvalue weighted by molar-refractivity contribution is -0.139. The average Bonchev–Trinajstić information content (AvgIpc) is 2.91. The molecule has 0 aliphatic carbocycles. The number of likely N-dealkylation sites (N-methyl/N-ethyl adjacent to an activating group) is 1. The third kappa shape index (κ3) is 4.62. The number of amides is 4. The standard InChI is InChI=1S/C12H20N4O5/c1-14-10(18)8-3-2-6-16(8)12(21)15-7(11(19)20)4-5-9(13)17/h7-8H,2-6H2,1H3,(H2,13,17)(H,14,18)(H,15,21)(H,19,20)/t7-,8?/m1/s1. The van der Waals surface area contributed by atoms with Gasteiger partial charge in [0.1, 0.15) is 12.1 Å². The number of carbonyl (C=O) groups is 4. The Labute approximate surface area is 121 Å². The summed E-state index contributed by atoms with van der Waals surface area (Å²) in [6.45, 7) is 0.381. The van der Waals surface area contributed by atoms with E-state index >= 15 is 0 Å². The van der Waals surface area contributed by atoms with Gasteiger partial charge >= 0.3 is 12.0 Å². The molecule has 1 rings (SSSR count). The molecule has 21 heavy (non-hydrogen) atoms. The van der Waals surface area contributed by atoms with E-state index < -0.39 is 30.0 Å². The van der Waals surface area contributed by atoms with Crippen LogP contribution in [0.15, 0.2) is 0 Å². The summed E-state index contributed by atoms with van der Waals surface area (Å²) in [5.74, 6) is -2.17. The molecule has 0 radical (unpaired) electrons. The molecular formula is C12H20N4O5. The fraction of sp³-hybridized carbons (Fsp3) is 0.667. The molecule has 1 heterocycles. The molecular weight excluding hydrogens is 280 g/mol. The minimum absolute atomic E-state index is 0.0884. The molecule has 9 heteroatoms. The molecule has 118 valence electrons. The second-order valence-electron chi connectivity index (χ2n) is 4.81. The van der Waals surface area contributed by atoms with E-state index in [0.29, 0.717) is 19.4 Å². The van der Waals surface area contributed by atoms with Gasteiger partial charge in [-0.1, -0.05) is 0 Å². The number of aliphatic carboxylic acids is 1. The van der Waals surface area contributed by atoms with Gasteiger partial charge in [-0.25, -0.2) is 9.59 Å². The van der Waals surface area contributed by atoms with Gasteiger partial charge in [0.25, 0.3) is 0 Å². The molecule has 0 bridgehead atoms. The molecule has 0 saturated carbocycles. The van der Waals surface area contributed by atoms with Crippen LogP contribution >= 0.6 is 0 Å². The van der Waals surface area contributed by atoms with Crippen LogP contribution in [0.25, 0.3) is 0 Å². The number of primary amides is 1.